The molecule has 4 aliphatic rings. The van der Waals surface area contributed by atoms with Crippen molar-refractivity contribution in [3.05, 3.63) is 59.7 Å². The Kier molecular flexibility index (Phi) is 3.60. The molecule has 2 aromatic carbocycles. The van der Waals surface area contributed by atoms with Gasteiger partial charge in [-0.15, -0.1) is 0 Å². The SMILES string of the molecule is C1=C(c2ccc3c(c2)OCCO3)NN2[C@H]1c1ccccc1OC21CCCCC1. The lowest BCUT2D eigenvalue weighted by Gasteiger charge is -2.50. The minimum Gasteiger partial charge on any atom is -0.486 e. The highest BCUT2D eigenvalue weighted by molar-refractivity contribution is 5.70. The maximum Gasteiger partial charge on any atom is 0.180 e. The zero-order chi connectivity index (χ0) is 18.6. The van der Waals surface area contributed by atoms with Crippen LogP contribution < -0.4 is 19.6 Å². The Morgan fingerprint density at radius 2 is 1.71 bits per heavy atom. The van der Waals surface area contributed by atoms with Crippen molar-refractivity contribution in [3.8, 4) is 17.2 Å². The van der Waals surface area contributed by atoms with Crippen LogP contribution in [0.3, 0.4) is 0 Å². The molecule has 3 heterocycles. The Bertz CT molecular complexity index is 949. The Morgan fingerprint density at radius 3 is 2.61 bits per heavy atom. The largest absolute Gasteiger partial charge is 0.486 e. The fourth-order valence-electron chi connectivity index (χ4n) is 4.94. The minimum atomic E-state index is -0.274. The van der Waals surface area contributed by atoms with Gasteiger partial charge < -0.3 is 19.6 Å². The maximum atomic E-state index is 6.63. The molecule has 1 aliphatic carbocycles. The van der Waals surface area contributed by atoms with E-state index in [9.17, 15) is 0 Å². The standard InChI is InChI=1S/C23H24N2O3/c1-4-10-23(11-5-1)25-19(17-6-2-3-7-20(17)28-23)15-18(24-25)16-8-9-21-22(14-16)27-13-12-26-21/h2-3,6-9,14-15,19,24H,1,4-5,10-13H2/t19-/m1/s1. The molecule has 1 fully saturated rings. The second-order valence-corrected chi connectivity index (χ2v) is 8.01. The van der Waals surface area contributed by atoms with Gasteiger partial charge in [0.25, 0.3) is 0 Å². The first kappa shape index (κ1) is 16.3. The van der Waals surface area contributed by atoms with E-state index in [-0.39, 0.29) is 11.8 Å². The lowest BCUT2D eigenvalue weighted by molar-refractivity contribution is -0.150. The Balaban J connectivity index is 1.41. The van der Waals surface area contributed by atoms with Crippen LogP contribution in [-0.4, -0.2) is 23.9 Å². The van der Waals surface area contributed by atoms with E-state index >= 15 is 0 Å². The average Bonchev–Trinajstić information content (AvgIpc) is 3.21. The van der Waals surface area contributed by atoms with Crippen molar-refractivity contribution >= 4 is 5.70 Å². The summed E-state index contributed by atoms with van der Waals surface area (Å²) in [5.74, 6) is 2.66. The summed E-state index contributed by atoms with van der Waals surface area (Å²) in [5, 5.41) is 2.35. The van der Waals surface area contributed by atoms with Crippen molar-refractivity contribution in [1.82, 2.24) is 10.4 Å². The third kappa shape index (κ3) is 2.42. The summed E-state index contributed by atoms with van der Waals surface area (Å²) < 4.78 is 18.1. The Hall–Kier alpha value is -2.66. The van der Waals surface area contributed by atoms with Crippen LogP contribution in [0.5, 0.6) is 17.2 Å². The summed E-state index contributed by atoms with van der Waals surface area (Å²) in [6.07, 6.45) is 8.11. The molecule has 0 unspecified atom stereocenters. The van der Waals surface area contributed by atoms with Crippen LogP contribution in [0.2, 0.25) is 0 Å². The van der Waals surface area contributed by atoms with Crippen molar-refractivity contribution in [3.63, 3.8) is 0 Å². The Labute approximate surface area is 164 Å². The van der Waals surface area contributed by atoms with Crippen LogP contribution in [0.25, 0.3) is 5.70 Å². The van der Waals surface area contributed by atoms with Crippen LogP contribution in [0.4, 0.5) is 0 Å². The van der Waals surface area contributed by atoms with E-state index in [2.05, 4.69) is 52.9 Å². The predicted octanol–water partition coefficient (Wildman–Crippen LogP) is 4.41. The number of ether oxygens (including phenoxy) is 3. The second-order valence-electron chi connectivity index (χ2n) is 8.01. The number of hydrogen-bond donors (Lipinski definition) is 1. The first-order chi connectivity index (χ1) is 13.8. The van der Waals surface area contributed by atoms with Crippen LogP contribution >= 0.6 is 0 Å². The molecule has 1 atom stereocenters. The van der Waals surface area contributed by atoms with Gasteiger partial charge in [-0.3, -0.25) is 0 Å². The van der Waals surface area contributed by atoms with E-state index < -0.39 is 0 Å². The van der Waals surface area contributed by atoms with Crippen LogP contribution in [0.1, 0.15) is 49.3 Å². The van der Waals surface area contributed by atoms with Crippen molar-refractivity contribution in [2.24, 2.45) is 0 Å². The van der Waals surface area contributed by atoms with Gasteiger partial charge in [0.05, 0.1) is 11.7 Å². The normalized spacial score (nSPS) is 24.6. The lowest BCUT2D eigenvalue weighted by atomic mass is 9.87. The van der Waals surface area contributed by atoms with Gasteiger partial charge in [0.1, 0.15) is 19.0 Å². The minimum absolute atomic E-state index is 0.172. The first-order valence-corrected chi connectivity index (χ1v) is 10.3. The quantitative estimate of drug-likeness (QED) is 0.798. The molecule has 1 N–H and O–H groups in total. The molecule has 5 nitrogen and oxygen atoms in total. The summed E-state index contributed by atoms with van der Waals surface area (Å²) in [5.41, 5.74) is 6.85. The molecule has 0 amide bonds. The van der Waals surface area contributed by atoms with Gasteiger partial charge in [0.15, 0.2) is 17.2 Å². The monoisotopic (exact) mass is 376 g/mol. The number of hydrogen-bond acceptors (Lipinski definition) is 5. The van der Waals surface area contributed by atoms with E-state index in [4.69, 9.17) is 14.2 Å². The maximum absolute atomic E-state index is 6.63. The summed E-state index contributed by atoms with van der Waals surface area (Å²) in [6.45, 7) is 1.21. The molecule has 6 rings (SSSR count). The highest BCUT2D eigenvalue weighted by Crippen LogP contribution is 2.50. The van der Waals surface area contributed by atoms with Crippen LogP contribution in [-0.2, 0) is 0 Å². The van der Waals surface area contributed by atoms with Gasteiger partial charge in [-0.05, 0) is 43.2 Å². The number of rotatable bonds is 1. The Morgan fingerprint density at radius 1 is 0.893 bits per heavy atom. The number of nitrogens with zero attached hydrogens (tertiary/aromatic N) is 1. The van der Waals surface area contributed by atoms with E-state index in [1.807, 2.05) is 6.07 Å². The molecule has 0 aromatic heterocycles. The van der Waals surface area contributed by atoms with E-state index in [1.165, 1.54) is 24.8 Å². The molecule has 2 aromatic rings. The van der Waals surface area contributed by atoms with E-state index in [1.54, 1.807) is 0 Å². The van der Waals surface area contributed by atoms with Gasteiger partial charge in [-0.1, -0.05) is 24.6 Å². The van der Waals surface area contributed by atoms with Crippen molar-refractivity contribution < 1.29 is 14.2 Å². The number of nitrogens with one attached hydrogen (secondary N) is 1. The van der Waals surface area contributed by atoms with E-state index in [0.717, 1.165) is 41.4 Å². The molecule has 5 heteroatoms. The smallest absolute Gasteiger partial charge is 0.180 e. The van der Waals surface area contributed by atoms with Crippen molar-refractivity contribution in [2.45, 2.75) is 43.9 Å². The molecule has 0 bridgehead atoms. The van der Waals surface area contributed by atoms with Gasteiger partial charge in [0.2, 0.25) is 0 Å². The molecule has 3 aliphatic heterocycles. The summed E-state index contributed by atoms with van der Waals surface area (Å²) in [7, 11) is 0. The molecular weight excluding hydrogens is 352 g/mol. The number of benzene rings is 2. The lowest BCUT2D eigenvalue weighted by Crippen LogP contribution is -2.60. The van der Waals surface area contributed by atoms with Crippen LogP contribution in [0, 0.1) is 0 Å². The number of para-hydroxylation sites is 1. The fraction of sp³-hybridized carbons (Fsp3) is 0.391. The van der Waals surface area contributed by atoms with Gasteiger partial charge in [-0.2, -0.15) is 5.01 Å². The molecule has 1 spiro atoms. The van der Waals surface area contributed by atoms with Gasteiger partial charge >= 0.3 is 0 Å². The van der Waals surface area contributed by atoms with Gasteiger partial charge in [-0.25, -0.2) is 0 Å². The molecule has 1 saturated carbocycles. The molecule has 28 heavy (non-hydrogen) atoms. The summed E-state index contributed by atoms with van der Waals surface area (Å²) in [6, 6.07) is 14.8. The number of hydrazine groups is 1. The average molecular weight is 376 g/mol. The zero-order valence-electron chi connectivity index (χ0n) is 15.8. The highest BCUT2D eigenvalue weighted by Gasteiger charge is 2.50. The first-order valence-electron chi connectivity index (χ1n) is 10.3. The topological polar surface area (TPSA) is 43.0 Å². The fourth-order valence-corrected chi connectivity index (χ4v) is 4.94. The zero-order valence-corrected chi connectivity index (χ0v) is 15.8. The highest BCUT2D eigenvalue weighted by atomic mass is 16.6. The molecule has 144 valence electrons. The number of fused-ring (bicyclic) bond motifs is 5. The molecule has 0 saturated heterocycles. The van der Waals surface area contributed by atoms with E-state index in [0.29, 0.717) is 13.2 Å². The molecule has 0 radical (unpaired) electrons. The van der Waals surface area contributed by atoms with Gasteiger partial charge in [0, 0.05) is 24.0 Å². The predicted molar refractivity (Wildman–Crippen MR) is 106 cm³/mol. The van der Waals surface area contributed by atoms with Crippen LogP contribution in [0.15, 0.2) is 48.5 Å². The summed E-state index contributed by atoms with van der Waals surface area (Å²) >= 11 is 0. The summed E-state index contributed by atoms with van der Waals surface area (Å²) in [4.78, 5) is 0. The second kappa shape index (κ2) is 6.17. The third-order valence-electron chi connectivity index (χ3n) is 6.31. The molecular formula is C23H24N2O3. The third-order valence-corrected chi connectivity index (χ3v) is 6.31. The van der Waals surface area contributed by atoms with Crippen molar-refractivity contribution in [2.75, 3.05) is 13.2 Å². The van der Waals surface area contributed by atoms with Crippen molar-refractivity contribution in [1.29, 1.82) is 0 Å².